The minimum Gasteiger partial charge on any atom is -0.496 e. The quantitative estimate of drug-likeness (QED) is 0.914. The van der Waals surface area contributed by atoms with Gasteiger partial charge in [-0.3, -0.25) is 0 Å². The van der Waals surface area contributed by atoms with E-state index >= 15 is 0 Å². The molecule has 0 saturated heterocycles. The Bertz CT molecular complexity index is 544. The first-order valence-electron chi connectivity index (χ1n) is 6.29. The lowest BCUT2D eigenvalue weighted by atomic mass is 9.99. The van der Waals surface area contributed by atoms with E-state index < -0.39 is 6.10 Å². The van der Waals surface area contributed by atoms with Crippen molar-refractivity contribution < 1.29 is 14.6 Å². The van der Waals surface area contributed by atoms with Crippen LogP contribution in [0.15, 0.2) is 42.5 Å². The van der Waals surface area contributed by atoms with Crippen molar-refractivity contribution in [2.24, 2.45) is 0 Å². The van der Waals surface area contributed by atoms with E-state index in [4.69, 9.17) is 21.1 Å². The third-order valence-electron chi connectivity index (χ3n) is 3.14. The van der Waals surface area contributed by atoms with Crippen molar-refractivity contribution in [1.29, 1.82) is 0 Å². The number of halogens is 1. The fourth-order valence-electron chi connectivity index (χ4n) is 2.15. The summed E-state index contributed by atoms with van der Waals surface area (Å²) in [5.41, 5.74) is 1.65. The van der Waals surface area contributed by atoms with Gasteiger partial charge in [-0.05, 0) is 29.8 Å². The average molecular weight is 293 g/mol. The summed E-state index contributed by atoms with van der Waals surface area (Å²) in [4.78, 5) is 0. The van der Waals surface area contributed by atoms with Gasteiger partial charge in [-0.15, -0.1) is 0 Å². The zero-order valence-corrected chi connectivity index (χ0v) is 12.2. The second kappa shape index (κ2) is 6.64. The van der Waals surface area contributed by atoms with Crippen molar-refractivity contribution >= 4 is 11.6 Å². The van der Waals surface area contributed by atoms with Crippen molar-refractivity contribution in [2.45, 2.75) is 12.5 Å². The van der Waals surface area contributed by atoms with Gasteiger partial charge in [0, 0.05) is 11.4 Å². The maximum absolute atomic E-state index is 10.5. The van der Waals surface area contributed by atoms with Crippen LogP contribution in [-0.4, -0.2) is 19.3 Å². The Balaban J connectivity index is 2.28. The molecular formula is C16H17ClO3. The summed E-state index contributed by atoms with van der Waals surface area (Å²) in [6.45, 7) is 0. The molecule has 0 bridgehead atoms. The Morgan fingerprint density at radius 2 is 1.55 bits per heavy atom. The third kappa shape index (κ3) is 3.24. The van der Waals surface area contributed by atoms with Crippen molar-refractivity contribution in [1.82, 2.24) is 0 Å². The highest BCUT2D eigenvalue weighted by molar-refractivity contribution is 6.30. The fraction of sp³-hybridized carbons (Fsp3) is 0.250. The Morgan fingerprint density at radius 3 is 2.05 bits per heavy atom. The van der Waals surface area contributed by atoms with Crippen LogP contribution in [0.3, 0.4) is 0 Å². The monoisotopic (exact) mass is 292 g/mol. The van der Waals surface area contributed by atoms with Crippen LogP contribution >= 0.6 is 11.6 Å². The molecular weight excluding hydrogens is 276 g/mol. The second-order valence-electron chi connectivity index (χ2n) is 4.42. The molecule has 0 spiro atoms. The van der Waals surface area contributed by atoms with Crippen LogP contribution in [0, 0.1) is 0 Å². The number of aliphatic hydroxyl groups excluding tert-OH is 1. The molecule has 0 radical (unpaired) electrons. The smallest absolute Gasteiger partial charge is 0.128 e. The number of rotatable bonds is 5. The van der Waals surface area contributed by atoms with Gasteiger partial charge >= 0.3 is 0 Å². The van der Waals surface area contributed by atoms with Gasteiger partial charge in [-0.1, -0.05) is 29.8 Å². The molecule has 1 unspecified atom stereocenters. The van der Waals surface area contributed by atoms with Crippen molar-refractivity contribution in [2.75, 3.05) is 14.2 Å². The Morgan fingerprint density at radius 1 is 1.00 bits per heavy atom. The number of benzene rings is 2. The maximum atomic E-state index is 10.5. The van der Waals surface area contributed by atoms with Gasteiger partial charge in [-0.2, -0.15) is 0 Å². The largest absolute Gasteiger partial charge is 0.496 e. The van der Waals surface area contributed by atoms with E-state index in [0.29, 0.717) is 28.5 Å². The Hall–Kier alpha value is -1.71. The summed E-state index contributed by atoms with van der Waals surface area (Å²) < 4.78 is 10.6. The minimum absolute atomic E-state index is 0.466. The molecule has 0 fully saturated rings. The van der Waals surface area contributed by atoms with Crippen LogP contribution in [-0.2, 0) is 6.42 Å². The van der Waals surface area contributed by atoms with E-state index in [9.17, 15) is 5.11 Å². The molecule has 0 aliphatic heterocycles. The molecule has 2 aromatic rings. The van der Waals surface area contributed by atoms with Gasteiger partial charge in [0.15, 0.2) is 0 Å². The lowest BCUT2D eigenvalue weighted by molar-refractivity contribution is 0.169. The molecule has 0 saturated carbocycles. The van der Waals surface area contributed by atoms with Crippen molar-refractivity contribution in [3.8, 4) is 11.5 Å². The summed E-state index contributed by atoms with van der Waals surface area (Å²) in [7, 11) is 3.15. The molecule has 1 N–H and O–H groups in total. The van der Waals surface area contributed by atoms with Gasteiger partial charge in [0.2, 0.25) is 0 Å². The SMILES string of the molecule is COc1cccc(OC)c1C(O)Cc1ccc(Cl)cc1. The molecule has 106 valence electrons. The van der Waals surface area contributed by atoms with Crippen LogP contribution in [0.25, 0.3) is 0 Å². The molecule has 0 aliphatic carbocycles. The van der Waals surface area contributed by atoms with Crippen LogP contribution < -0.4 is 9.47 Å². The van der Waals surface area contributed by atoms with Crippen LogP contribution in [0.2, 0.25) is 5.02 Å². The molecule has 2 aromatic carbocycles. The van der Waals surface area contributed by atoms with Crippen LogP contribution in [0.1, 0.15) is 17.2 Å². The number of hydrogen-bond donors (Lipinski definition) is 1. The van der Waals surface area contributed by atoms with E-state index in [-0.39, 0.29) is 0 Å². The predicted octanol–water partition coefficient (Wildman–Crippen LogP) is 3.63. The maximum Gasteiger partial charge on any atom is 0.128 e. The first-order chi connectivity index (χ1) is 9.65. The molecule has 0 aliphatic rings. The molecule has 0 amide bonds. The first kappa shape index (κ1) is 14.7. The van der Waals surface area contributed by atoms with E-state index in [1.54, 1.807) is 14.2 Å². The Kier molecular flexibility index (Phi) is 4.88. The highest BCUT2D eigenvalue weighted by atomic mass is 35.5. The number of hydrogen-bond acceptors (Lipinski definition) is 3. The predicted molar refractivity (Wildman–Crippen MR) is 79.7 cm³/mol. The molecule has 20 heavy (non-hydrogen) atoms. The first-order valence-corrected chi connectivity index (χ1v) is 6.67. The summed E-state index contributed by atoms with van der Waals surface area (Å²) in [6, 6.07) is 12.9. The fourth-order valence-corrected chi connectivity index (χ4v) is 2.28. The Labute approximate surface area is 123 Å². The van der Waals surface area contributed by atoms with Gasteiger partial charge in [0.25, 0.3) is 0 Å². The van der Waals surface area contributed by atoms with Gasteiger partial charge in [0.1, 0.15) is 11.5 Å². The number of aliphatic hydroxyl groups is 1. The number of ether oxygens (including phenoxy) is 2. The zero-order chi connectivity index (χ0) is 14.5. The highest BCUT2D eigenvalue weighted by Crippen LogP contribution is 2.35. The molecule has 0 heterocycles. The molecule has 3 nitrogen and oxygen atoms in total. The normalized spacial score (nSPS) is 12.0. The van der Waals surface area contributed by atoms with Gasteiger partial charge in [0.05, 0.1) is 25.9 Å². The molecule has 0 aromatic heterocycles. The number of methoxy groups -OCH3 is 2. The van der Waals surface area contributed by atoms with Crippen molar-refractivity contribution in [3.63, 3.8) is 0 Å². The van der Waals surface area contributed by atoms with Crippen LogP contribution in [0.5, 0.6) is 11.5 Å². The van der Waals surface area contributed by atoms with Gasteiger partial charge in [-0.25, -0.2) is 0 Å². The average Bonchev–Trinajstić information content (AvgIpc) is 2.48. The van der Waals surface area contributed by atoms with Crippen molar-refractivity contribution in [3.05, 3.63) is 58.6 Å². The second-order valence-corrected chi connectivity index (χ2v) is 4.86. The molecule has 1 atom stereocenters. The summed E-state index contributed by atoms with van der Waals surface area (Å²) in [6.07, 6.45) is -0.240. The highest BCUT2D eigenvalue weighted by Gasteiger charge is 2.19. The molecule has 2 rings (SSSR count). The topological polar surface area (TPSA) is 38.7 Å². The summed E-state index contributed by atoms with van der Waals surface area (Å²) in [5, 5.41) is 11.2. The third-order valence-corrected chi connectivity index (χ3v) is 3.39. The van der Waals surface area contributed by atoms with Crippen LogP contribution in [0.4, 0.5) is 0 Å². The van der Waals surface area contributed by atoms with E-state index in [1.165, 1.54) is 0 Å². The lowest BCUT2D eigenvalue weighted by Gasteiger charge is -2.18. The van der Waals surface area contributed by atoms with E-state index in [0.717, 1.165) is 5.56 Å². The van der Waals surface area contributed by atoms with E-state index in [1.807, 2.05) is 42.5 Å². The molecule has 4 heteroatoms. The summed E-state index contributed by atoms with van der Waals surface area (Å²) >= 11 is 5.86. The zero-order valence-electron chi connectivity index (χ0n) is 11.5. The van der Waals surface area contributed by atoms with Gasteiger partial charge < -0.3 is 14.6 Å². The van der Waals surface area contributed by atoms with E-state index in [2.05, 4.69) is 0 Å². The summed E-state index contributed by atoms with van der Waals surface area (Å²) in [5.74, 6) is 1.23. The standard InChI is InChI=1S/C16H17ClO3/c1-19-14-4-3-5-15(20-2)16(14)13(18)10-11-6-8-12(17)9-7-11/h3-9,13,18H,10H2,1-2H3. The lowest BCUT2D eigenvalue weighted by Crippen LogP contribution is -2.06. The minimum atomic E-state index is -0.706.